The molecule has 0 saturated carbocycles. The van der Waals surface area contributed by atoms with Gasteiger partial charge in [0, 0.05) is 25.8 Å². The summed E-state index contributed by atoms with van der Waals surface area (Å²) in [5.74, 6) is -0.500. The average Bonchev–Trinajstić information content (AvgIpc) is 3.42. The Morgan fingerprint density at radius 3 is 2.40 bits per heavy atom. The lowest BCUT2D eigenvalue weighted by Gasteiger charge is -2.24. The van der Waals surface area contributed by atoms with E-state index in [0.29, 0.717) is 30.2 Å². The number of hydrogen-bond donors (Lipinski definition) is 2. The van der Waals surface area contributed by atoms with E-state index in [1.165, 1.54) is 24.3 Å². The molecule has 11 heteroatoms. The topological polar surface area (TPSA) is 114 Å². The van der Waals surface area contributed by atoms with E-state index < -0.39 is 35.1 Å². The monoisotopic (exact) mass is 620 g/mol. The zero-order chi connectivity index (χ0) is 31.2. The third-order valence-corrected chi connectivity index (χ3v) is 10.9. The van der Waals surface area contributed by atoms with E-state index >= 15 is 0 Å². The Hall–Kier alpha value is -3.35. The predicted octanol–water partition coefficient (Wildman–Crippen LogP) is 5.21. The van der Waals surface area contributed by atoms with Crippen molar-refractivity contribution in [1.82, 2.24) is 14.3 Å². The summed E-state index contributed by atoms with van der Waals surface area (Å²) in [6.07, 6.45) is 1.76. The van der Waals surface area contributed by atoms with E-state index in [1.807, 2.05) is 34.9 Å². The zero-order valence-electron chi connectivity index (χ0n) is 25.6. The van der Waals surface area contributed by atoms with Crippen molar-refractivity contribution in [3.05, 3.63) is 89.7 Å². The molecule has 3 aromatic carbocycles. The number of carbonyl (C=O) groups is 1. The molecule has 1 unspecified atom stereocenters. The van der Waals surface area contributed by atoms with Crippen molar-refractivity contribution in [3.63, 3.8) is 0 Å². The summed E-state index contributed by atoms with van der Waals surface area (Å²) in [4.78, 5) is 20.1. The van der Waals surface area contributed by atoms with E-state index in [4.69, 9.17) is 4.74 Å². The van der Waals surface area contributed by atoms with E-state index in [2.05, 4.69) is 29.3 Å². The number of rotatable bonds is 10. The minimum absolute atomic E-state index is 0.0553. The fourth-order valence-electron chi connectivity index (χ4n) is 5.24. The lowest BCUT2D eigenvalue weighted by atomic mass is 9.87. The number of anilines is 1. The van der Waals surface area contributed by atoms with Gasteiger partial charge in [0.2, 0.25) is 10.0 Å². The molecule has 43 heavy (non-hydrogen) atoms. The smallest absolute Gasteiger partial charge is 0.268 e. The fourth-order valence-corrected chi connectivity index (χ4v) is 7.41. The molecule has 0 fully saturated rings. The molecular formula is C32H40N4O5SSi. The van der Waals surface area contributed by atoms with E-state index in [-0.39, 0.29) is 11.4 Å². The summed E-state index contributed by atoms with van der Waals surface area (Å²) in [6.45, 7) is 13.6. The van der Waals surface area contributed by atoms with Gasteiger partial charge < -0.3 is 19.3 Å². The van der Waals surface area contributed by atoms with E-state index in [1.54, 1.807) is 44.1 Å². The number of hydrogen-bond acceptors (Lipinski definition) is 6. The van der Waals surface area contributed by atoms with Gasteiger partial charge in [-0.3, -0.25) is 4.79 Å². The molecular weight excluding hydrogens is 581 g/mol. The number of para-hydroxylation sites is 1. The van der Waals surface area contributed by atoms with Gasteiger partial charge in [-0.05, 0) is 68.3 Å². The fraction of sp³-hybridized carbons (Fsp3) is 0.375. The van der Waals surface area contributed by atoms with Crippen LogP contribution in [-0.4, -0.2) is 49.2 Å². The number of amides is 1. The Morgan fingerprint density at radius 2 is 1.72 bits per heavy atom. The number of aliphatic hydroxyl groups is 1. The van der Waals surface area contributed by atoms with Crippen LogP contribution in [0.4, 0.5) is 5.69 Å². The molecule has 4 aromatic rings. The summed E-state index contributed by atoms with van der Waals surface area (Å²) >= 11 is 0. The first-order valence-corrected chi connectivity index (χ1v) is 19.6. The number of benzene rings is 3. The zero-order valence-corrected chi connectivity index (χ0v) is 27.4. The van der Waals surface area contributed by atoms with Crippen LogP contribution in [0.15, 0.2) is 78.0 Å². The van der Waals surface area contributed by atoms with Gasteiger partial charge in [-0.2, -0.15) is 0 Å². The van der Waals surface area contributed by atoms with Crippen LogP contribution in [0.1, 0.15) is 37.5 Å². The summed E-state index contributed by atoms with van der Waals surface area (Å²) in [5.41, 5.74) is 1.34. The van der Waals surface area contributed by atoms with Gasteiger partial charge in [0.05, 0.1) is 34.5 Å². The van der Waals surface area contributed by atoms with Crippen molar-refractivity contribution in [2.75, 3.05) is 11.5 Å². The van der Waals surface area contributed by atoms with Gasteiger partial charge in [0.25, 0.3) is 5.91 Å². The molecule has 1 aromatic heterocycles. The Bertz CT molecular complexity index is 1760. The molecule has 1 amide bonds. The second-order valence-corrected chi connectivity index (χ2v) is 20.7. The second-order valence-electron chi connectivity index (χ2n) is 13.4. The van der Waals surface area contributed by atoms with Crippen LogP contribution in [0.2, 0.25) is 25.7 Å². The SMILES string of the molecule is CC(C)(C)NS(=O)(=O)c1ccc(C2(O)C(=O)N(Cc3ccc4ncn(COCC[Si](C)(C)C)c4c3)c3ccccc32)cc1. The minimum atomic E-state index is -3.78. The number of ether oxygens (including phenoxy) is 1. The third-order valence-electron chi connectivity index (χ3n) is 7.42. The maximum absolute atomic E-state index is 14.0. The van der Waals surface area contributed by atoms with Crippen LogP contribution in [0, 0.1) is 0 Å². The van der Waals surface area contributed by atoms with Gasteiger partial charge in [-0.15, -0.1) is 0 Å². The van der Waals surface area contributed by atoms with Crippen molar-refractivity contribution < 1.29 is 23.1 Å². The Labute approximate surface area is 254 Å². The van der Waals surface area contributed by atoms with Crippen molar-refractivity contribution in [2.24, 2.45) is 0 Å². The number of sulfonamides is 1. The summed E-state index contributed by atoms with van der Waals surface area (Å²) in [7, 11) is -4.97. The quantitative estimate of drug-likeness (QED) is 0.186. The molecule has 228 valence electrons. The second kappa shape index (κ2) is 11.3. The minimum Gasteiger partial charge on any atom is -0.372 e. The standard InChI is InChI=1S/C32H40N4O5SSi/c1-31(2,3)34-42(39,40)25-14-12-24(13-15-25)32(38)26-9-7-8-10-28(26)36(30(32)37)20-23-11-16-27-29(19-23)35(21-33-27)22-41-17-18-43(4,5)6/h7-16,19,21,34,38H,17-18,20,22H2,1-6H3. The summed E-state index contributed by atoms with van der Waals surface area (Å²) < 4.78 is 36.2. The Balaban J connectivity index is 1.41. The van der Waals surface area contributed by atoms with E-state index in [9.17, 15) is 18.3 Å². The molecule has 0 bridgehead atoms. The van der Waals surface area contributed by atoms with Gasteiger partial charge in [0.15, 0.2) is 5.60 Å². The number of carbonyl (C=O) groups excluding carboxylic acids is 1. The number of nitrogens with zero attached hydrogens (tertiary/aromatic N) is 3. The highest BCUT2D eigenvalue weighted by atomic mass is 32.2. The molecule has 0 aliphatic carbocycles. The summed E-state index contributed by atoms with van der Waals surface area (Å²) in [6, 6.07) is 19.9. The number of aromatic nitrogens is 2. The first kappa shape index (κ1) is 31.1. The molecule has 2 heterocycles. The third kappa shape index (κ3) is 6.46. The molecule has 1 aliphatic heterocycles. The van der Waals surface area contributed by atoms with Crippen LogP contribution in [0.25, 0.3) is 11.0 Å². The Kier molecular flexibility index (Phi) is 8.16. The average molecular weight is 621 g/mol. The van der Waals surface area contributed by atoms with Crippen molar-refractivity contribution >= 4 is 40.7 Å². The molecule has 1 atom stereocenters. The molecule has 5 rings (SSSR count). The molecule has 2 N–H and O–H groups in total. The molecule has 0 spiro atoms. The first-order chi connectivity index (χ1) is 20.1. The highest BCUT2D eigenvalue weighted by Gasteiger charge is 2.51. The highest BCUT2D eigenvalue weighted by molar-refractivity contribution is 7.89. The van der Waals surface area contributed by atoms with Crippen LogP contribution in [0.3, 0.4) is 0 Å². The first-order valence-electron chi connectivity index (χ1n) is 14.4. The number of fused-ring (bicyclic) bond motifs is 2. The maximum atomic E-state index is 14.0. The molecule has 0 saturated heterocycles. The largest absolute Gasteiger partial charge is 0.372 e. The molecule has 9 nitrogen and oxygen atoms in total. The van der Waals surface area contributed by atoms with Gasteiger partial charge in [-0.25, -0.2) is 18.1 Å². The van der Waals surface area contributed by atoms with Crippen molar-refractivity contribution in [3.8, 4) is 0 Å². The van der Waals surface area contributed by atoms with Gasteiger partial charge in [-0.1, -0.05) is 56.0 Å². The van der Waals surface area contributed by atoms with Crippen LogP contribution >= 0.6 is 0 Å². The van der Waals surface area contributed by atoms with Crippen LogP contribution in [0.5, 0.6) is 0 Å². The van der Waals surface area contributed by atoms with E-state index in [0.717, 1.165) is 22.6 Å². The lowest BCUT2D eigenvalue weighted by Crippen LogP contribution is -2.41. The number of nitrogens with one attached hydrogen (secondary N) is 1. The highest BCUT2D eigenvalue weighted by Crippen LogP contribution is 2.45. The Morgan fingerprint density at radius 1 is 1.02 bits per heavy atom. The molecule has 1 aliphatic rings. The van der Waals surface area contributed by atoms with Crippen molar-refractivity contribution in [2.45, 2.75) is 75.8 Å². The maximum Gasteiger partial charge on any atom is 0.268 e. The predicted molar refractivity (Wildman–Crippen MR) is 171 cm³/mol. The lowest BCUT2D eigenvalue weighted by molar-refractivity contribution is -0.132. The normalized spacial score (nSPS) is 17.6. The van der Waals surface area contributed by atoms with Gasteiger partial charge >= 0.3 is 0 Å². The molecule has 0 radical (unpaired) electrons. The summed E-state index contributed by atoms with van der Waals surface area (Å²) in [5, 5.41) is 12.0. The van der Waals surface area contributed by atoms with Crippen molar-refractivity contribution in [1.29, 1.82) is 0 Å². The number of imidazole rings is 1. The van der Waals surface area contributed by atoms with Crippen LogP contribution in [-0.2, 0) is 38.4 Å². The van der Waals surface area contributed by atoms with Crippen LogP contribution < -0.4 is 9.62 Å². The van der Waals surface area contributed by atoms with Gasteiger partial charge in [0.1, 0.15) is 6.73 Å².